The van der Waals surface area contributed by atoms with Crippen LogP contribution in [0.4, 0.5) is 10.1 Å². The molecule has 0 saturated carbocycles. The van der Waals surface area contributed by atoms with Gasteiger partial charge in [0.25, 0.3) is 0 Å². The van der Waals surface area contributed by atoms with E-state index in [2.05, 4.69) is 15.4 Å². The van der Waals surface area contributed by atoms with Gasteiger partial charge in [-0.25, -0.2) is 14.1 Å². The standard InChI is InChI=1S/C23H21FN4OS/c1-16-25-23(20-9-5-6-10-21(20)24)28(27-16)18-13-11-17(12-14-18)26-22(29)15-30-19-7-3-2-4-8-19/h2-14,22,26,29H,15H2,1H3. The largest absolute Gasteiger partial charge is 0.373 e. The molecule has 30 heavy (non-hydrogen) atoms. The summed E-state index contributed by atoms with van der Waals surface area (Å²) >= 11 is 1.58. The second kappa shape index (κ2) is 9.11. The number of aromatic nitrogens is 3. The number of aryl methyl sites for hydroxylation is 1. The molecule has 4 rings (SSSR count). The Kier molecular flexibility index (Phi) is 6.11. The Morgan fingerprint density at radius 3 is 2.43 bits per heavy atom. The summed E-state index contributed by atoms with van der Waals surface area (Å²) in [5, 5.41) is 17.8. The first-order valence-corrected chi connectivity index (χ1v) is 10.5. The molecule has 0 spiro atoms. The van der Waals surface area contributed by atoms with E-state index < -0.39 is 6.23 Å². The SMILES string of the molecule is Cc1nc(-c2ccccc2F)n(-c2ccc(NC(O)CSc3ccccc3)cc2)n1. The molecule has 7 heteroatoms. The topological polar surface area (TPSA) is 63.0 Å². The number of aliphatic hydroxyl groups excluding tert-OH is 1. The Balaban J connectivity index is 1.47. The number of benzene rings is 3. The minimum absolute atomic E-state index is 0.344. The molecule has 0 radical (unpaired) electrons. The first kappa shape index (κ1) is 20.1. The van der Waals surface area contributed by atoms with E-state index in [1.807, 2.05) is 54.6 Å². The van der Waals surface area contributed by atoms with Crippen molar-refractivity contribution in [3.63, 3.8) is 0 Å². The van der Waals surface area contributed by atoms with Crippen molar-refractivity contribution >= 4 is 17.4 Å². The highest BCUT2D eigenvalue weighted by atomic mass is 32.2. The third kappa shape index (κ3) is 4.69. The predicted molar refractivity (Wildman–Crippen MR) is 118 cm³/mol. The number of halogens is 1. The monoisotopic (exact) mass is 420 g/mol. The van der Waals surface area contributed by atoms with Crippen LogP contribution in [0.3, 0.4) is 0 Å². The molecular formula is C23H21FN4OS. The van der Waals surface area contributed by atoms with E-state index in [0.717, 1.165) is 16.3 Å². The van der Waals surface area contributed by atoms with E-state index in [1.165, 1.54) is 6.07 Å². The van der Waals surface area contributed by atoms with E-state index in [4.69, 9.17) is 0 Å². The highest BCUT2D eigenvalue weighted by Gasteiger charge is 2.15. The van der Waals surface area contributed by atoms with Crippen molar-refractivity contribution in [2.24, 2.45) is 0 Å². The van der Waals surface area contributed by atoms with Gasteiger partial charge in [-0.15, -0.1) is 11.8 Å². The highest BCUT2D eigenvalue weighted by Crippen LogP contribution is 2.25. The van der Waals surface area contributed by atoms with E-state index in [1.54, 1.807) is 41.6 Å². The molecule has 4 aromatic rings. The summed E-state index contributed by atoms with van der Waals surface area (Å²) in [6.45, 7) is 1.78. The number of thioether (sulfide) groups is 1. The predicted octanol–water partition coefficient (Wildman–Crippen LogP) is 4.90. The zero-order chi connectivity index (χ0) is 20.9. The van der Waals surface area contributed by atoms with Crippen molar-refractivity contribution in [3.8, 4) is 17.1 Å². The first-order valence-electron chi connectivity index (χ1n) is 9.51. The molecule has 1 unspecified atom stereocenters. The van der Waals surface area contributed by atoms with Crippen molar-refractivity contribution < 1.29 is 9.50 Å². The van der Waals surface area contributed by atoms with Crippen LogP contribution in [0.1, 0.15) is 5.82 Å². The van der Waals surface area contributed by atoms with Crippen LogP contribution in [0.5, 0.6) is 0 Å². The van der Waals surface area contributed by atoms with Gasteiger partial charge >= 0.3 is 0 Å². The minimum atomic E-state index is -0.691. The van der Waals surface area contributed by atoms with Crippen molar-refractivity contribution in [3.05, 3.63) is 90.5 Å². The summed E-state index contributed by atoms with van der Waals surface area (Å²) in [5.74, 6) is 1.18. The Morgan fingerprint density at radius 2 is 1.70 bits per heavy atom. The smallest absolute Gasteiger partial charge is 0.166 e. The van der Waals surface area contributed by atoms with E-state index >= 15 is 0 Å². The van der Waals surface area contributed by atoms with Crippen molar-refractivity contribution in [1.82, 2.24) is 14.8 Å². The molecule has 0 amide bonds. The van der Waals surface area contributed by atoms with Gasteiger partial charge in [0.05, 0.1) is 11.3 Å². The fourth-order valence-corrected chi connectivity index (χ4v) is 3.82. The minimum Gasteiger partial charge on any atom is -0.373 e. The van der Waals surface area contributed by atoms with E-state index in [-0.39, 0.29) is 5.82 Å². The molecule has 1 heterocycles. The number of anilines is 1. The highest BCUT2D eigenvalue weighted by molar-refractivity contribution is 7.99. The summed E-state index contributed by atoms with van der Waals surface area (Å²) in [6.07, 6.45) is -0.691. The van der Waals surface area contributed by atoms with Crippen LogP contribution < -0.4 is 5.32 Å². The van der Waals surface area contributed by atoms with Crippen LogP contribution in [0.2, 0.25) is 0 Å². The van der Waals surface area contributed by atoms with Gasteiger partial charge in [0.1, 0.15) is 17.9 Å². The van der Waals surface area contributed by atoms with Crippen LogP contribution in [-0.2, 0) is 0 Å². The Bertz CT molecular complexity index is 1120. The molecule has 0 saturated heterocycles. The number of rotatable bonds is 7. The maximum atomic E-state index is 14.3. The summed E-state index contributed by atoms with van der Waals surface area (Å²) < 4.78 is 15.9. The van der Waals surface area contributed by atoms with Gasteiger partial charge in [-0.05, 0) is 55.5 Å². The lowest BCUT2D eigenvalue weighted by Crippen LogP contribution is -2.21. The molecular weight excluding hydrogens is 399 g/mol. The molecule has 152 valence electrons. The van der Waals surface area contributed by atoms with Gasteiger partial charge in [-0.2, -0.15) is 5.10 Å². The maximum absolute atomic E-state index is 14.3. The average molecular weight is 421 g/mol. The third-order valence-electron chi connectivity index (χ3n) is 4.42. The van der Waals surface area contributed by atoms with Gasteiger partial charge in [0.15, 0.2) is 5.82 Å². The van der Waals surface area contributed by atoms with Crippen LogP contribution in [0.25, 0.3) is 17.1 Å². The van der Waals surface area contributed by atoms with Gasteiger partial charge in [0.2, 0.25) is 0 Å². The van der Waals surface area contributed by atoms with Crippen molar-refractivity contribution in [2.45, 2.75) is 18.0 Å². The second-order valence-electron chi connectivity index (χ2n) is 6.71. The van der Waals surface area contributed by atoms with Gasteiger partial charge in [0, 0.05) is 16.3 Å². The van der Waals surface area contributed by atoms with E-state index in [0.29, 0.717) is 23.0 Å². The third-order valence-corrected chi connectivity index (χ3v) is 5.51. The van der Waals surface area contributed by atoms with Crippen molar-refractivity contribution in [2.75, 3.05) is 11.1 Å². The van der Waals surface area contributed by atoms with Gasteiger partial charge in [-0.1, -0.05) is 30.3 Å². The lowest BCUT2D eigenvalue weighted by atomic mass is 10.2. The number of hydrogen-bond acceptors (Lipinski definition) is 5. The zero-order valence-electron chi connectivity index (χ0n) is 16.4. The molecule has 1 atom stereocenters. The van der Waals surface area contributed by atoms with Gasteiger partial charge < -0.3 is 10.4 Å². The Hall–Kier alpha value is -3.16. The molecule has 0 aliphatic heterocycles. The van der Waals surface area contributed by atoms with Gasteiger partial charge in [-0.3, -0.25) is 0 Å². The van der Waals surface area contributed by atoms with Crippen molar-refractivity contribution in [1.29, 1.82) is 0 Å². The fourth-order valence-electron chi connectivity index (χ4n) is 3.04. The second-order valence-corrected chi connectivity index (χ2v) is 7.80. The molecule has 0 aliphatic carbocycles. The fraction of sp³-hybridized carbons (Fsp3) is 0.130. The normalized spacial score (nSPS) is 12.0. The summed E-state index contributed by atoms with van der Waals surface area (Å²) in [4.78, 5) is 5.50. The molecule has 0 fully saturated rings. The first-order chi connectivity index (χ1) is 14.6. The van der Waals surface area contributed by atoms with E-state index in [9.17, 15) is 9.50 Å². The number of aliphatic hydroxyl groups is 1. The maximum Gasteiger partial charge on any atom is 0.166 e. The number of hydrogen-bond donors (Lipinski definition) is 2. The molecule has 3 aromatic carbocycles. The summed E-state index contributed by atoms with van der Waals surface area (Å²) in [5.41, 5.74) is 1.94. The quantitative estimate of drug-likeness (QED) is 0.329. The lowest BCUT2D eigenvalue weighted by molar-refractivity contribution is 0.229. The molecule has 0 aliphatic rings. The van der Waals surface area contributed by atoms with Crippen LogP contribution in [0, 0.1) is 12.7 Å². The Labute approximate surface area is 178 Å². The van der Waals surface area contributed by atoms with Crippen LogP contribution in [0.15, 0.2) is 83.8 Å². The zero-order valence-corrected chi connectivity index (χ0v) is 17.2. The molecule has 0 bridgehead atoms. The molecule has 2 N–H and O–H groups in total. The Morgan fingerprint density at radius 1 is 1.00 bits per heavy atom. The molecule has 5 nitrogen and oxygen atoms in total. The average Bonchev–Trinajstić information content (AvgIpc) is 3.15. The van der Waals surface area contributed by atoms with Crippen LogP contribution >= 0.6 is 11.8 Å². The summed E-state index contributed by atoms with van der Waals surface area (Å²) in [7, 11) is 0. The summed E-state index contributed by atoms with van der Waals surface area (Å²) in [6, 6.07) is 23.9. The number of nitrogens with one attached hydrogen (secondary N) is 1. The van der Waals surface area contributed by atoms with Crippen LogP contribution in [-0.4, -0.2) is 31.9 Å². The number of nitrogens with zero attached hydrogens (tertiary/aromatic N) is 3. The lowest BCUT2D eigenvalue weighted by Gasteiger charge is -2.14. The molecule has 1 aromatic heterocycles.